The smallest absolute Gasteiger partial charge is 0.129 e. The number of hydroxylamine groups is 1. The van der Waals surface area contributed by atoms with Gasteiger partial charge in [0.2, 0.25) is 0 Å². The van der Waals surface area contributed by atoms with Crippen LogP contribution in [-0.2, 0) is 0 Å². The fraction of sp³-hybridized carbons (Fsp3) is 0.421. The first-order valence-electron chi connectivity index (χ1n) is 9.01. The Morgan fingerprint density at radius 2 is 2.30 bits per heavy atom. The van der Waals surface area contributed by atoms with Crippen molar-refractivity contribution in [3.05, 3.63) is 46.9 Å². The van der Waals surface area contributed by atoms with Crippen molar-refractivity contribution in [2.75, 3.05) is 31.4 Å². The Morgan fingerprint density at radius 3 is 3.04 bits per heavy atom. The summed E-state index contributed by atoms with van der Waals surface area (Å²) in [6, 6.07) is 7.27. The average Bonchev–Trinajstić information content (AvgIpc) is 3.27. The molecule has 4 N–H and O–H groups in total. The number of nitrogens with zero attached hydrogens (tertiary/aromatic N) is 2. The van der Waals surface area contributed by atoms with Crippen LogP contribution >= 0.6 is 0 Å². The number of benzene rings is 1. The molecule has 2 atom stereocenters. The second-order valence-corrected chi connectivity index (χ2v) is 6.65. The van der Waals surface area contributed by atoms with Crippen LogP contribution in [0.25, 0.3) is 11.6 Å². The third-order valence-electron chi connectivity index (χ3n) is 4.46. The van der Waals surface area contributed by atoms with Crippen LogP contribution in [0, 0.1) is 5.21 Å². The number of aliphatic hydroxyl groups excluding tert-OH is 2. The molecule has 3 rings (SSSR count). The summed E-state index contributed by atoms with van der Waals surface area (Å²) in [6.45, 7) is 2.75. The standard InChI is InChI=1S/C19H25N4O4/c1-13(6-8-24)20-10-16(25)12-27-18-4-2-3-17-19(18)14(11-23(17)26)9-15-5-7-21-22-15/h2-5,7,9,13,16,20,24-25H,6,8,10-12H2,1H3,(H,21,22)/q-1. The molecule has 1 aromatic carbocycles. The van der Waals surface area contributed by atoms with E-state index in [9.17, 15) is 10.3 Å². The molecule has 2 unspecified atom stereocenters. The van der Waals surface area contributed by atoms with E-state index >= 15 is 0 Å². The van der Waals surface area contributed by atoms with Crippen molar-refractivity contribution in [1.29, 1.82) is 0 Å². The van der Waals surface area contributed by atoms with Crippen LogP contribution in [-0.4, -0.2) is 58.9 Å². The molecule has 1 aliphatic rings. The predicted molar refractivity (Wildman–Crippen MR) is 104 cm³/mol. The molecule has 0 aliphatic carbocycles. The molecular formula is C19H25N4O4-. The first-order valence-corrected chi connectivity index (χ1v) is 9.01. The van der Waals surface area contributed by atoms with Crippen molar-refractivity contribution in [2.24, 2.45) is 0 Å². The van der Waals surface area contributed by atoms with E-state index in [4.69, 9.17) is 9.84 Å². The summed E-state index contributed by atoms with van der Waals surface area (Å²) in [5.41, 5.74) is 2.95. The number of rotatable bonds is 9. The van der Waals surface area contributed by atoms with E-state index in [1.54, 1.807) is 24.4 Å². The lowest BCUT2D eigenvalue weighted by molar-refractivity contribution is 0.103. The van der Waals surface area contributed by atoms with Gasteiger partial charge >= 0.3 is 0 Å². The molecule has 0 saturated carbocycles. The minimum Gasteiger partial charge on any atom is -0.758 e. The fourth-order valence-corrected chi connectivity index (χ4v) is 3.02. The van der Waals surface area contributed by atoms with Crippen molar-refractivity contribution in [1.82, 2.24) is 15.5 Å². The number of hydrogen-bond donors (Lipinski definition) is 4. The van der Waals surface area contributed by atoms with Gasteiger partial charge in [-0.1, -0.05) is 6.07 Å². The zero-order chi connectivity index (χ0) is 19.2. The lowest BCUT2D eigenvalue weighted by Crippen LogP contribution is -2.37. The molecule has 0 fully saturated rings. The summed E-state index contributed by atoms with van der Waals surface area (Å²) in [5, 5.41) is 42.2. The second kappa shape index (κ2) is 9.01. The number of aliphatic hydroxyl groups is 2. The monoisotopic (exact) mass is 373 g/mol. The van der Waals surface area contributed by atoms with Crippen LogP contribution in [0.15, 0.2) is 30.5 Å². The topological polar surface area (TPSA) is 117 Å². The van der Waals surface area contributed by atoms with Crippen molar-refractivity contribution in [2.45, 2.75) is 25.5 Å². The molecule has 0 spiro atoms. The Bertz CT molecular complexity index is 763. The lowest BCUT2D eigenvalue weighted by Gasteiger charge is -2.24. The van der Waals surface area contributed by atoms with Gasteiger partial charge < -0.3 is 30.5 Å². The number of aromatic nitrogens is 2. The van der Waals surface area contributed by atoms with E-state index in [1.807, 2.05) is 19.1 Å². The second-order valence-electron chi connectivity index (χ2n) is 6.65. The summed E-state index contributed by atoms with van der Waals surface area (Å²) in [5.74, 6) is 0.569. The molecule has 146 valence electrons. The summed E-state index contributed by atoms with van der Waals surface area (Å²) < 4.78 is 5.83. The Morgan fingerprint density at radius 1 is 1.44 bits per heavy atom. The summed E-state index contributed by atoms with van der Waals surface area (Å²) in [7, 11) is 0. The normalized spacial score (nSPS) is 17.2. The Kier molecular flexibility index (Phi) is 6.46. The van der Waals surface area contributed by atoms with Crippen molar-refractivity contribution in [3.63, 3.8) is 0 Å². The molecule has 27 heavy (non-hydrogen) atoms. The first kappa shape index (κ1) is 19.4. The van der Waals surface area contributed by atoms with E-state index in [2.05, 4.69) is 15.5 Å². The maximum Gasteiger partial charge on any atom is 0.129 e. The van der Waals surface area contributed by atoms with Gasteiger partial charge in [-0.25, -0.2) is 0 Å². The maximum absolute atomic E-state index is 12.2. The predicted octanol–water partition coefficient (Wildman–Crippen LogP) is 1.37. The van der Waals surface area contributed by atoms with Crippen LogP contribution in [0.5, 0.6) is 5.75 Å². The summed E-state index contributed by atoms with van der Waals surface area (Å²) >= 11 is 0. The van der Waals surface area contributed by atoms with E-state index in [0.717, 1.165) is 21.9 Å². The minimum absolute atomic E-state index is 0.103. The van der Waals surface area contributed by atoms with Gasteiger partial charge in [0.1, 0.15) is 18.5 Å². The van der Waals surface area contributed by atoms with Crippen LogP contribution in [0.1, 0.15) is 24.6 Å². The van der Waals surface area contributed by atoms with Gasteiger partial charge in [-0.05, 0) is 43.2 Å². The van der Waals surface area contributed by atoms with Gasteiger partial charge in [-0.3, -0.25) is 5.10 Å². The molecule has 0 bridgehead atoms. The third kappa shape index (κ3) is 4.86. The average molecular weight is 373 g/mol. The fourth-order valence-electron chi connectivity index (χ4n) is 3.02. The van der Waals surface area contributed by atoms with Crippen LogP contribution < -0.4 is 15.1 Å². The lowest BCUT2D eigenvalue weighted by atomic mass is 10.1. The molecule has 2 heterocycles. The highest BCUT2D eigenvalue weighted by molar-refractivity contribution is 5.95. The Hall–Kier alpha value is -2.39. The molecule has 0 saturated heterocycles. The number of fused-ring (bicyclic) bond motifs is 1. The SMILES string of the molecule is CC(CCO)NCC(O)COc1cccc2c1C(=Cc1ccn[nH]1)CN2[O-]. The number of ether oxygens (including phenoxy) is 1. The van der Waals surface area contributed by atoms with Crippen molar-refractivity contribution in [3.8, 4) is 5.75 Å². The van der Waals surface area contributed by atoms with Gasteiger partial charge in [-0.15, -0.1) is 0 Å². The third-order valence-corrected chi connectivity index (χ3v) is 4.46. The zero-order valence-corrected chi connectivity index (χ0v) is 15.3. The number of hydrogen-bond acceptors (Lipinski definition) is 7. The Balaban J connectivity index is 1.69. The molecule has 8 heteroatoms. The molecular weight excluding hydrogens is 348 g/mol. The van der Waals surface area contributed by atoms with Gasteiger partial charge in [0.05, 0.1) is 5.69 Å². The maximum atomic E-state index is 12.2. The van der Waals surface area contributed by atoms with E-state index < -0.39 is 6.10 Å². The zero-order valence-electron chi connectivity index (χ0n) is 15.3. The van der Waals surface area contributed by atoms with Crippen molar-refractivity contribution >= 4 is 17.3 Å². The van der Waals surface area contributed by atoms with Gasteiger partial charge in [-0.2, -0.15) is 5.10 Å². The number of anilines is 1. The van der Waals surface area contributed by atoms with E-state index in [-0.39, 0.29) is 25.8 Å². The van der Waals surface area contributed by atoms with E-state index in [1.165, 1.54) is 0 Å². The molecule has 0 amide bonds. The molecule has 1 aliphatic heterocycles. The molecule has 8 nitrogen and oxygen atoms in total. The van der Waals surface area contributed by atoms with Gasteiger partial charge in [0, 0.05) is 43.2 Å². The highest BCUT2D eigenvalue weighted by atomic mass is 16.5. The quantitative estimate of drug-likeness (QED) is 0.524. The number of nitrogens with one attached hydrogen (secondary N) is 2. The first-order chi connectivity index (χ1) is 13.1. The number of aromatic amines is 1. The largest absolute Gasteiger partial charge is 0.758 e. The van der Waals surface area contributed by atoms with E-state index in [0.29, 0.717) is 24.4 Å². The van der Waals surface area contributed by atoms with Gasteiger partial charge in [0.15, 0.2) is 0 Å². The van der Waals surface area contributed by atoms with Crippen LogP contribution in [0.3, 0.4) is 0 Å². The highest BCUT2D eigenvalue weighted by Gasteiger charge is 2.23. The molecule has 1 aromatic heterocycles. The Labute approximate surface area is 158 Å². The summed E-state index contributed by atoms with van der Waals surface area (Å²) in [6.07, 6.45) is 3.46. The molecule has 2 aromatic rings. The van der Waals surface area contributed by atoms with Crippen LogP contribution in [0.2, 0.25) is 0 Å². The summed E-state index contributed by atoms with van der Waals surface area (Å²) in [4.78, 5) is 0. The highest BCUT2D eigenvalue weighted by Crippen LogP contribution is 2.41. The molecule has 0 radical (unpaired) electrons. The van der Waals surface area contributed by atoms with Gasteiger partial charge in [0.25, 0.3) is 0 Å². The number of H-pyrrole nitrogens is 1. The van der Waals surface area contributed by atoms with Crippen molar-refractivity contribution < 1.29 is 14.9 Å². The van der Waals surface area contributed by atoms with Crippen LogP contribution in [0.4, 0.5) is 5.69 Å². The minimum atomic E-state index is -0.702.